The van der Waals surface area contributed by atoms with Crippen molar-refractivity contribution in [2.45, 2.75) is 110 Å². The largest absolute Gasteiger partial charge is 0.390 e. The molecule has 2 N–H and O–H groups in total. The Kier molecular flexibility index (Phi) is 4.78. The molecule has 13 atom stereocenters. The smallest absolute Gasteiger partial charge is 0.171 e. The van der Waals surface area contributed by atoms with Crippen LogP contribution in [-0.2, 0) is 9.47 Å². The van der Waals surface area contributed by atoms with Crippen LogP contribution in [0.15, 0.2) is 0 Å². The number of hydrogen-bond acceptors (Lipinski definition) is 4. The van der Waals surface area contributed by atoms with Gasteiger partial charge in [0.2, 0.25) is 0 Å². The van der Waals surface area contributed by atoms with Crippen molar-refractivity contribution in [3.8, 4) is 0 Å². The molecular weight excluding hydrogens is 388 g/mol. The number of fused-ring (bicyclic) bond motifs is 7. The van der Waals surface area contributed by atoms with Gasteiger partial charge in [-0.05, 0) is 97.7 Å². The molecule has 0 unspecified atom stereocenters. The van der Waals surface area contributed by atoms with Crippen LogP contribution in [0.1, 0.15) is 85.5 Å². The summed E-state index contributed by atoms with van der Waals surface area (Å²) < 4.78 is 13.3. The topological polar surface area (TPSA) is 58.9 Å². The van der Waals surface area contributed by atoms with E-state index in [2.05, 4.69) is 27.7 Å². The van der Waals surface area contributed by atoms with Crippen molar-refractivity contribution in [1.82, 2.24) is 0 Å². The molecule has 4 nitrogen and oxygen atoms in total. The molecule has 4 heteroatoms. The standard InChI is InChI=1S/C27H44O4/c1-15-7-10-27(30-14-15)16(2)24-23(31-27)12-20-18-6-5-17-11-21(28)22(29)13-26(17,4)19(18)8-9-25(20,24)3/h15-24,28-29H,5-14H2,1-4H3/t15-,16-,17+,18+,19-,20-,21+,22-,23-,24-,25-,26-,27+/m0/s1. The van der Waals surface area contributed by atoms with E-state index < -0.39 is 12.2 Å². The first-order valence-electron chi connectivity index (χ1n) is 13.4. The predicted octanol–water partition coefficient (Wildman–Crippen LogP) is 4.76. The molecule has 6 aliphatic rings. The summed E-state index contributed by atoms with van der Waals surface area (Å²) in [7, 11) is 0. The average Bonchev–Trinajstić information content (AvgIpc) is 3.16. The Hall–Kier alpha value is -0.160. The molecule has 6 fully saturated rings. The van der Waals surface area contributed by atoms with Gasteiger partial charge in [0.25, 0.3) is 0 Å². The van der Waals surface area contributed by atoms with E-state index in [9.17, 15) is 10.2 Å². The molecule has 4 saturated carbocycles. The lowest BCUT2D eigenvalue weighted by atomic mass is 9.44. The lowest BCUT2D eigenvalue weighted by molar-refractivity contribution is -0.273. The van der Waals surface area contributed by atoms with Gasteiger partial charge >= 0.3 is 0 Å². The molecular formula is C27H44O4. The Bertz CT molecular complexity index is 716. The average molecular weight is 433 g/mol. The SMILES string of the molecule is C[C@H]1CC[C@@]2(OC1)O[C@H]1C[C@H]3[C@@H]4CC[C@@H]5C[C@@H](O)[C@@H](O)C[C@]5(C)[C@H]4CC[C@]3(C)[C@H]1[C@@H]2C. The maximum absolute atomic E-state index is 10.6. The zero-order chi connectivity index (χ0) is 21.8. The zero-order valence-corrected chi connectivity index (χ0v) is 20.1. The fourth-order valence-corrected chi connectivity index (χ4v) is 10.3. The molecule has 176 valence electrons. The minimum absolute atomic E-state index is 0.191. The van der Waals surface area contributed by atoms with E-state index in [0.29, 0.717) is 41.1 Å². The summed E-state index contributed by atoms with van der Waals surface area (Å²) in [4.78, 5) is 0. The van der Waals surface area contributed by atoms with Crippen LogP contribution in [0.5, 0.6) is 0 Å². The van der Waals surface area contributed by atoms with Gasteiger partial charge in [-0.25, -0.2) is 0 Å². The van der Waals surface area contributed by atoms with Crippen LogP contribution in [0.25, 0.3) is 0 Å². The number of hydrogen-bond donors (Lipinski definition) is 2. The van der Waals surface area contributed by atoms with E-state index >= 15 is 0 Å². The zero-order valence-electron chi connectivity index (χ0n) is 20.1. The van der Waals surface area contributed by atoms with E-state index in [0.717, 1.165) is 37.7 Å². The monoisotopic (exact) mass is 432 g/mol. The van der Waals surface area contributed by atoms with Crippen molar-refractivity contribution in [3.63, 3.8) is 0 Å². The Morgan fingerprint density at radius 2 is 1.65 bits per heavy atom. The summed E-state index contributed by atoms with van der Waals surface area (Å²) in [5, 5.41) is 20.9. The van der Waals surface area contributed by atoms with Gasteiger partial charge in [-0.1, -0.05) is 27.7 Å². The molecule has 0 aromatic rings. The van der Waals surface area contributed by atoms with E-state index in [4.69, 9.17) is 9.47 Å². The normalized spacial score (nSPS) is 63.3. The fraction of sp³-hybridized carbons (Fsp3) is 1.00. The van der Waals surface area contributed by atoms with Gasteiger partial charge in [-0.2, -0.15) is 0 Å². The van der Waals surface area contributed by atoms with Crippen molar-refractivity contribution < 1.29 is 19.7 Å². The van der Waals surface area contributed by atoms with Crippen LogP contribution >= 0.6 is 0 Å². The van der Waals surface area contributed by atoms with Gasteiger partial charge in [0, 0.05) is 12.3 Å². The van der Waals surface area contributed by atoms with Gasteiger partial charge in [0.15, 0.2) is 5.79 Å². The maximum Gasteiger partial charge on any atom is 0.171 e. The van der Waals surface area contributed by atoms with Gasteiger partial charge in [-0.3, -0.25) is 0 Å². The second kappa shape index (κ2) is 6.93. The first kappa shape index (κ1) is 21.4. The number of ether oxygens (including phenoxy) is 2. The quantitative estimate of drug-likeness (QED) is 0.579. The van der Waals surface area contributed by atoms with E-state index in [1.165, 1.54) is 38.5 Å². The van der Waals surface area contributed by atoms with Crippen LogP contribution in [-0.4, -0.2) is 40.9 Å². The maximum atomic E-state index is 10.6. The molecule has 0 bridgehead atoms. The van der Waals surface area contributed by atoms with Gasteiger partial charge < -0.3 is 19.7 Å². The summed E-state index contributed by atoms with van der Waals surface area (Å²) in [5.41, 5.74) is 0.550. The summed E-state index contributed by atoms with van der Waals surface area (Å²) in [5.74, 6) is 4.21. The highest BCUT2D eigenvalue weighted by Crippen LogP contribution is 2.71. The Labute approximate surface area is 188 Å². The fourth-order valence-electron chi connectivity index (χ4n) is 10.3. The molecule has 2 saturated heterocycles. The second-order valence-electron chi connectivity index (χ2n) is 13.2. The highest BCUT2D eigenvalue weighted by Gasteiger charge is 2.69. The third-order valence-corrected chi connectivity index (χ3v) is 12.0. The molecule has 2 heterocycles. The van der Waals surface area contributed by atoms with Gasteiger partial charge in [0.1, 0.15) is 0 Å². The van der Waals surface area contributed by atoms with Crippen LogP contribution in [0.2, 0.25) is 0 Å². The molecule has 2 aliphatic heterocycles. The second-order valence-corrected chi connectivity index (χ2v) is 13.2. The Morgan fingerprint density at radius 1 is 0.839 bits per heavy atom. The highest BCUT2D eigenvalue weighted by atomic mass is 16.7. The molecule has 0 aromatic heterocycles. The minimum Gasteiger partial charge on any atom is -0.390 e. The van der Waals surface area contributed by atoms with E-state index in [1.807, 2.05) is 0 Å². The lowest BCUT2D eigenvalue weighted by Crippen LogP contribution is -2.57. The van der Waals surface area contributed by atoms with Crippen molar-refractivity contribution in [3.05, 3.63) is 0 Å². The molecule has 0 radical (unpaired) electrons. The molecule has 6 rings (SSSR count). The number of aliphatic hydroxyl groups is 2. The van der Waals surface area contributed by atoms with Crippen molar-refractivity contribution in [1.29, 1.82) is 0 Å². The van der Waals surface area contributed by atoms with Crippen LogP contribution < -0.4 is 0 Å². The first-order chi connectivity index (χ1) is 14.7. The summed E-state index contributed by atoms with van der Waals surface area (Å²) in [6.45, 7) is 10.6. The highest BCUT2D eigenvalue weighted by molar-refractivity contribution is 5.15. The Balaban J connectivity index is 1.26. The molecule has 0 amide bonds. The first-order valence-corrected chi connectivity index (χ1v) is 13.4. The molecule has 0 aromatic carbocycles. The van der Waals surface area contributed by atoms with Crippen molar-refractivity contribution >= 4 is 0 Å². The Morgan fingerprint density at radius 3 is 2.39 bits per heavy atom. The van der Waals surface area contributed by atoms with Crippen molar-refractivity contribution in [2.24, 2.45) is 52.3 Å². The molecule has 1 spiro atoms. The molecule has 31 heavy (non-hydrogen) atoms. The third-order valence-electron chi connectivity index (χ3n) is 12.0. The number of rotatable bonds is 0. The summed E-state index contributed by atoms with van der Waals surface area (Å²) >= 11 is 0. The van der Waals surface area contributed by atoms with Crippen LogP contribution in [0.3, 0.4) is 0 Å². The minimum atomic E-state index is -0.537. The van der Waals surface area contributed by atoms with Gasteiger partial charge in [0.05, 0.1) is 24.9 Å². The van der Waals surface area contributed by atoms with Gasteiger partial charge in [-0.15, -0.1) is 0 Å². The summed E-state index contributed by atoms with van der Waals surface area (Å²) in [6.07, 6.45) is 9.51. The molecule has 4 aliphatic carbocycles. The van der Waals surface area contributed by atoms with E-state index in [-0.39, 0.29) is 11.2 Å². The lowest BCUT2D eigenvalue weighted by Gasteiger charge is -2.61. The summed E-state index contributed by atoms with van der Waals surface area (Å²) in [6, 6.07) is 0. The third kappa shape index (κ3) is 2.80. The van der Waals surface area contributed by atoms with Crippen LogP contribution in [0.4, 0.5) is 0 Å². The van der Waals surface area contributed by atoms with Crippen LogP contribution in [0, 0.1) is 52.3 Å². The number of aliphatic hydroxyl groups excluding tert-OH is 2. The van der Waals surface area contributed by atoms with Crippen molar-refractivity contribution in [2.75, 3.05) is 6.61 Å². The van der Waals surface area contributed by atoms with E-state index in [1.54, 1.807) is 0 Å². The predicted molar refractivity (Wildman–Crippen MR) is 119 cm³/mol.